The Morgan fingerprint density at radius 2 is 2.00 bits per heavy atom. The van der Waals surface area contributed by atoms with Gasteiger partial charge >= 0.3 is 5.97 Å². The SMILES string of the molecule is COC(=O)c1c(N)c(C#N)cn1-c1cc2c(cc1-n1ccnc1)OCCO2. The number of rotatable bonds is 3. The number of esters is 1. The van der Waals surface area contributed by atoms with E-state index in [0.717, 1.165) is 0 Å². The van der Waals surface area contributed by atoms with Gasteiger partial charge in [-0.25, -0.2) is 9.78 Å². The fourth-order valence-electron chi connectivity index (χ4n) is 2.97. The van der Waals surface area contributed by atoms with E-state index in [9.17, 15) is 10.1 Å². The molecule has 9 nitrogen and oxygen atoms in total. The van der Waals surface area contributed by atoms with Gasteiger partial charge in [0.1, 0.15) is 19.3 Å². The predicted molar refractivity (Wildman–Crippen MR) is 94.3 cm³/mol. The Hall–Kier alpha value is -3.93. The molecular weight excluding hydrogens is 350 g/mol. The maximum atomic E-state index is 12.3. The summed E-state index contributed by atoms with van der Waals surface area (Å²) < 4.78 is 19.5. The lowest BCUT2D eigenvalue weighted by molar-refractivity contribution is 0.0593. The van der Waals surface area contributed by atoms with Crippen molar-refractivity contribution in [2.24, 2.45) is 0 Å². The molecule has 3 aromatic rings. The van der Waals surface area contributed by atoms with Crippen LogP contribution in [0, 0.1) is 11.3 Å². The Morgan fingerprint density at radius 1 is 1.30 bits per heavy atom. The predicted octanol–water partition coefficient (Wildman–Crippen LogP) is 1.67. The van der Waals surface area contributed by atoms with Crippen LogP contribution < -0.4 is 15.2 Å². The number of hydrogen-bond acceptors (Lipinski definition) is 7. The first-order valence-corrected chi connectivity index (χ1v) is 8.05. The molecule has 0 spiro atoms. The highest BCUT2D eigenvalue weighted by Gasteiger charge is 2.25. The molecule has 1 aliphatic heterocycles. The molecule has 0 radical (unpaired) electrons. The summed E-state index contributed by atoms with van der Waals surface area (Å²) in [4.78, 5) is 16.4. The number of nitriles is 1. The summed E-state index contributed by atoms with van der Waals surface area (Å²) >= 11 is 0. The number of fused-ring (bicyclic) bond motifs is 1. The number of hydrogen-bond donors (Lipinski definition) is 1. The summed E-state index contributed by atoms with van der Waals surface area (Å²) in [5, 5.41) is 9.35. The average Bonchev–Trinajstić information content (AvgIpc) is 3.34. The molecule has 0 fully saturated rings. The second kappa shape index (κ2) is 6.42. The van der Waals surface area contributed by atoms with Crippen LogP contribution in [-0.2, 0) is 4.74 Å². The van der Waals surface area contributed by atoms with Crippen LogP contribution in [0.25, 0.3) is 11.4 Å². The van der Waals surface area contributed by atoms with E-state index in [1.54, 1.807) is 35.4 Å². The van der Waals surface area contributed by atoms with Gasteiger partial charge in [-0.1, -0.05) is 0 Å². The molecule has 3 heterocycles. The second-order valence-electron chi connectivity index (χ2n) is 5.73. The summed E-state index contributed by atoms with van der Waals surface area (Å²) in [6.45, 7) is 0.857. The van der Waals surface area contributed by atoms with Crippen LogP contribution in [0.2, 0.25) is 0 Å². The molecule has 1 aromatic carbocycles. The molecular formula is C18H15N5O4. The zero-order chi connectivity index (χ0) is 19.0. The Labute approximate surface area is 154 Å². The normalized spacial score (nSPS) is 12.4. The first-order valence-electron chi connectivity index (χ1n) is 8.05. The Kier molecular flexibility index (Phi) is 3.93. The van der Waals surface area contributed by atoms with E-state index in [4.69, 9.17) is 19.9 Å². The van der Waals surface area contributed by atoms with Gasteiger partial charge in [0.25, 0.3) is 0 Å². The standard InChI is InChI=1S/C18H15N5O4/c1-25-18(24)17-16(20)11(8-19)9-23(17)13-7-15-14(26-4-5-27-15)6-12(13)22-3-2-21-10-22/h2-3,6-7,9-10H,4-5,20H2,1H3. The molecule has 0 unspecified atom stereocenters. The number of nitrogens with zero attached hydrogens (tertiary/aromatic N) is 4. The van der Waals surface area contributed by atoms with Crippen molar-refractivity contribution in [3.63, 3.8) is 0 Å². The van der Waals surface area contributed by atoms with Crippen molar-refractivity contribution in [1.82, 2.24) is 14.1 Å². The van der Waals surface area contributed by atoms with Crippen LogP contribution in [0.5, 0.6) is 11.5 Å². The van der Waals surface area contributed by atoms with Gasteiger partial charge < -0.3 is 29.1 Å². The lowest BCUT2D eigenvalue weighted by Gasteiger charge is -2.22. The van der Waals surface area contributed by atoms with E-state index >= 15 is 0 Å². The van der Waals surface area contributed by atoms with Crippen LogP contribution in [0.15, 0.2) is 37.1 Å². The van der Waals surface area contributed by atoms with Crippen molar-refractivity contribution in [3.8, 4) is 28.9 Å². The highest BCUT2D eigenvalue weighted by molar-refractivity contribution is 5.96. The molecule has 4 rings (SSSR count). The van der Waals surface area contributed by atoms with Crippen molar-refractivity contribution in [1.29, 1.82) is 5.26 Å². The van der Waals surface area contributed by atoms with Crippen molar-refractivity contribution in [2.45, 2.75) is 0 Å². The van der Waals surface area contributed by atoms with Crippen LogP contribution in [0.4, 0.5) is 5.69 Å². The Balaban J connectivity index is 2.02. The molecule has 136 valence electrons. The molecule has 0 bridgehead atoms. The Bertz CT molecular complexity index is 1060. The van der Waals surface area contributed by atoms with Gasteiger partial charge in [-0.3, -0.25) is 0 Å². The number of anilines is 1. The lowest BCUT2D eigenvalue weighted by Crippen LogP contribution is -2.17. The summed E-state index contributed by atoms with van der Waals surface area (Å²) in [5.41, 5.74) is 7.53. The van der Waals surface area contributed by atoms with Crippen LogP contribution in [0.1, 0.15) is 16.1 Å². The average molecular weight is 365 g/mol. The third kappa shape index (κ3) is 2.64. The number of benzene rings is 1. The number of nitrogen functional groups attached to an aromatic ring is 1. The number of nitrogens with two attached hydrogens (primary N) is 1. The van der Waals surface area contributed by atoms with E-state index in [2.05, 4.69) is 4.98 Å². The first-order chi connectivity index (χ1) is 13.1. The molecule has 0 amide bonds. The number of aromatic nitrogens is 3. The summed E-state index contributed by atoms with van der Waals surface area (Å²) in [5.74, 6) is 0.455. The van der Waals surface area contributed by atoms with Gasteiger partial charge in [0, 0.05) is 30.7 Å². The zero-order valence-corrected chi connectivity index (χ0v) is 14.4. The summed E-state index contributed by atoms with van der Waals surface area (Å²) in [6, 6.07) is 5.51. The third-order valence-corrected chi connectivity index (χ3v) is 4.23. The summed E-state index contributed by atoms with van der Waals surface area (Å²) in [7, 11) is 1.26. The number of ether oxygens (including phenoxy) is 3. The van der Waals surface area contributed by atoms with Gasteiger partial charge in [0.15, 0.2) is 17.2 Å². The smallest absolute Gasteiger partial charge is 0.357 e. The fourth-order valence-corrected chi connectivity index (χ4v) is 2.97. The molecule has 9 heteroatoms. The maximum Gasteiger partial charge on any atom is 0.357 e. The molecule has 27 heavy (non-hydrogen) atoms. The number of imidazole rings is 1. The quantitative estimate of drug-likeness (QED) is 0.702. The van der Waals surface area contributed by atoms with E-state index < -0.39 is 5.97 Å². The van der Waals surface area contributed by atoms with Crippen molar-refractivity contribution >= 4 is 11.7 Å². The first kappa shape index (κ1) is 16.5. The minimum Gasteiger partial charge on any atom is -0.486 e. The van der Waals surface area contributed by atoms with Crippen LogP contribution in [0.3, 0.4) is 0 Å². The largest absolute Gasteiger partial charge is 0.486 e. The highest BCUT2D eigenvalue weighted by atomic mass is 16.6. The van der Waals surface area contributed by atoms with E-state index in [1.807, 2.05) is 6.07 Å². The summed E-state index contributed by atoms with van der Waals surface area (Å²) in [6.07, 6.45) is 6.50. The molecule has 2 N–H and O–H groups in total. The van der Waals surface area contributed by atoms with E-state index in [-0.39, 0.29) is 16.9 Å². The van der Waals surface area contributed by atoms with Gasteiger partial charge in [-0.2, -0.15) is 5.26 Å². The molecule has 0 atom stereocenters. The fraction of sp³-hybridized carbons (Fsp3) is 0.167. The van der Waals surface area contributed by atoms with E-state index in [1.165, 1.54) is 17.9 Å². The zero-order valence-electron chi connectivity index (χ0n) is 14.4. The topological polar surface area (TPSA) is 117 Å². The number of carbonyl (C=O) groups excluding carboxylic acids is 1. The minimum absolute atomic E-state index is 0.0517. The van der Waals surface area contributed by atoms with Gasteiger partial charge in [0.05, 0.1) is 36.1 Å². The minimum atomic E-state index is -0.652. The van der Waals surface area contributed by atoms with Crippen LogP contribution >= 0.6 is 0 Å². The van der Waals surface area contributed by atoms with Crippen molar-refractivity contribution in [2.75, 3.05) is 26.1 Å². The van der Waals surface area contributed by atoms with Gasteiger partial charge in [-0.15, -0.1) is 0 Å². The molecule has 1 aliphatic rings. The van der Waals surface area contributed by atoms with Gasteiger partial charge in [-0.05, 0) is 0 Å². The highest BCUT2D eigenvalue weighted by Crippen LogP contribution is 2.38. The second-order valence-corrected chi connectivity index (χ2v) is 5.73. The molecule has 2 aromatic heterocycles. The maximum absolute atomic E-state index is 12.3. The van der Waals surface area contributed by atoms with Crippen LogP contribution in [-0.4, -0.2) is 40.4 Å². The van der Waals surface area contributed by atoms with Crippen molar-refractivity contribution < 1.29 is 19.0 Å². The van der Waals surface area contributed by atoms with E-state index in [0.29, 0.717) is 36.1 Å². The Morgan fingerprint density at radius 3 is 2.59 bits per heavy atom. The van der Waals surface area contributed by atoms with Gasteiger partial charge in [0.2, 0.25) is 0 Å². The number of carbonyl (C=O) groups is 1. The molecule has 0 aliphatic carbocycles. The molecule has 0 saturated carbocycles. The lowest BCUT2D eigenvalue weighted by atomic mass is 10.2. The number of methoxy groups -OCH3 is 1. The third-order valence-electron chi connectivity index (χ3n) is 4.23. The molecule has 0 saturated heterocycles. The van der Waals surface area contributed by atoms with Crippen molar-refractivity contribution in [3.05, 3.63) is 48.3 Å². The monoisotopic (exact) mass is 365 g/mol.